The molecule has 2 bridgehead atoms. The van der Waals surface area contributed by atoms with Crippen LogP contribution in [-0.2, 0) is 6.54 Å². The van der Waals surface area contributed by atoms with Crippen molar-refractivity contribution in [3.63, 3.8) is 0 Å². The van der Waals surface area contributed by atoms with Gasteiger partial charge in [0.15, 0.2) is 10.8 Å². The highest BCUT2D eigenvalue weighted by atomic mass is 35.5. The van der Waals surface area contributed by atoms with Crippen LogP contribution in [0.25, 0.3) is 11.2 Å². The summed E-state index contributed by atoms with van der Waals surface area (Å²) in [5.41, 5.74) is 2.10. The second-order valence-corrected chi connectivity index (χ2v) is 7.29. The molecule has 3 fully saturated rings. The molecular weight excluding hydrogens is 272 g/mol. The lowest BCUT2D eigenvalue weighted by Gasteiger charge is -2.60. The van der Waals surface area contributed by atoms with Crippen LogP contribution in [0.2, 0.25) is 5.15 Å². The molecule has 2 heterocycles. The first-order chi connectivity index (χ1) is 9.57. The molecule has 3 atom stereocenters. The zero-order valence-electron chi connectivity index (χ0n) is 11.9. The molecule has 106 valence electrons. The second kappa shape index (κ2) is 4.17. The Labute approximate surface area is 123 Å². The Kier molecular flexibility index (Phi) is 2.62. The van der Waals surface area contributed by atoms with E-state index in [0.717, 1.165) is 35.5 Å². The molecule has 0 radical (unpaired) electrons. The Morgan fingerprint density at radius 3 is 2.90 bits per heavy atom. The van der Waals surface area contributed by atoms with E-state index in [1.165, 1.54) is 25.6 Å². The number of imidazole rings is 1. The second-order valence-electron chi connectivity index (χ2n) is 6.93. The Bertz CT molecular complexity index is 661. The zero-order chi connectivity index (χ0) is 13.9. The van der Waals surface area contributed by atoms with E-state index in [9.17, 15) is 0 Å². The number of hydrogen-bond acceptors (Lipinski definition) is 3. The molecule has 3 saturated carbocycles. The molecule has 2 aromatic heterocycles. The summed E-state index contributed by atoms with van der Waals surface area (Å²) in [6.07, 6.45) is 7.49. The summed E-state index contributed by atoms with van der Waals surface area (Å²) in [5.74, 6) is 2.53. The highest BCUT2D eigenvalue weighted by Gasteiger charge is 2.54. The molecule has 0 amide bonds. The lowest BCUT2D eigenvalue weighted by atomic mass is 9.45. The predicted molar refractivity (Wildman–Crippen MR) is 78.4 cm³/mol. The minimum atomic E-state index is 0.446. The van der Waals surface area contributed by atoms with Crippen LogP contribution in [0.1, 0.15) is 33.1 Å². The monoisotopic (exact) mass is 290 g/mol. The summed E-state index contributed by atoms with van der Waals surface area (Å²) in [6.45, 7) is 5.87. The van der Waals surface area contributed by atoms with Crippen molar-refractivity contribution in [2.75, 3.05) is 0 Å². The number of hydrogen-bond donors (Lipinski definition) is 0. The van der Waals surface area contributed by atoms with Crippen molar-refractivity contribution in [2.24, 2.45) is 23.2 Å². The van der Waals surface area contributed by atoms with Crippen LogP contribution >= 0.6 is 11.6 Å². The molecule has 5 rings (SSSR count). The average Bonchev–Trinajstić information content (AvgIpc) is 2.83. The van der Waals surface area contributed by atoms with Gasteiger partial charge in [0.2, 0.25) is 0 Å². The summed E-state index contributed by atoms with van der Waals surface area (Å²) in [7, 11) is 0. The summed E-state index contributed by atoms with van der Waals surface area (Å²) in [4.78, 5) is 12.7. The SMILES string of the molecule is CC1(C)[C@H]2CC[C@H](Cn3cnc4c(Cl)ncnc43)[C@H]1C2. The number of fused-ring (bicyclic) bond motifs is 3. The van der Waals surface area contributed by atoms with Gasteiger partial charge in [-0.15, -0.1) is 0 Å². The van der Waals surface area contributed by atoms with E-state index in [0.29, 0.717) is 10.6 Å². The summed E-state index contributed by atoms with van der Waals surface area (Å²) < 4.78 is 2.16. The Morgan fingerprint density at radius 1 is 1.30 bits per heavy atom. The van der Waals surface area contributed by atoms with Crippen molar-refractivity contribution in [3.8, 4) is 0 Å². The van der Waals surface area contributed by atoms with Crippen molar-refractivity contribution in [1.82, 2.24) is 19.5 Å². The maximum absolute atomic E-state index is 6.07. The first-order valence-electron chi connectivity index (χ1n) is 7.38. The van der Waals surface area contributed by atoms with Crippen molar-refractivity contribution >= 4 is 22.8 Å². The van der Waals surface area contributed by atoms with Crippen molar-refractivity contribution < 1.29 is 0 Å². The van der Waals surface area contributed by atoms with Crippen molar-refractivity contribution in [1.29, 1.82) is 0 Å². The van der Waals surface area contributed by atoms with Gasteiger partial charge in [0, 0.05) is 6.54 Å². The highest BCUT2D eigenvalue weighted by Crippen LogP contribution is 2.61. The third kappa shape index (κ3) is 1.63. The molecule has 2 aromatic rings. The van der Waals surface area contributed by atoms with Crippen LogP contribution < -0.4 is 0 Å². The van der Waals surface area contributed by atoms with Crippen LogP contribution in [0, 0.1) is 23.2 Å². The van der Waals surface area contributed by atoms with Gasteiger partial charge in [-0.25, -0.2) is 15.0 Å². The van der Waals surface area contributed by atoms with Crippen LogP contribution in [0.4, 0.5) is 0 Å². The molecule has 0 aromatic carbocycles. The molecule has 0 N–H and O–H groups in total. The molecule has 5 heteroatoms. The van der Waals surface area contributed by atoms with E-state index in [4.69, 9.17) is 11.6 Å². The molecule has 0 aliphatic heterocycles. The lowest BCUT2D eigenvalue weighted by Crippen LogP contribution is -2.53. The van der Waals surface area contributed by atoms with E-state index < -0.39 is 0 Å². The molecular formula is C15H19ClN4. The maximum Gasteiger partial charge on any atom is 0.164 e. The smallest absolute Gasteiger partial charge is 0.164 e. The van der Waals surface area contributed by atoms with Gasteiger partial charge in [0.25, 0.3) is 0 Å². The fourth-order valence-corrected chi connectivity index (χ4v) is 4.60. The van der Waals surface area contributed by atoms with Gasteiger partial charge in [-0.05, 0) is 42.4 Å². The fourth-order valence-electron chi connectivity index (χ4n) is 4.42. The highest BCUT2D eigenvalue weighted by molar-refractivity contribution is 6.33. The van der Waals surface area contributed by atoms with Crippen LogP contribution in [0.15, 0.2) is 12.7 Å². The van der Waals surface area contributed by atoms with Crippen LogP contribution in [-0.4, -0.2) is 19.5 Å². The zero-order valence-corrected chi connectivity index (χ0v) is 12.6. The van der Waals surface area contributed by atoms with Crippen molar-refractivity contribution in [2.45, 2.75) is 39.7 Å². The predicted octanol–water partition coefficient (Wildman–Crippen LogP) is 3.55. The lowest BCUT2D eigenvalue weighted by molar-refractivity contribution is -0.108. The number of rotatable bonds is 2. The van der Waals surface area contributed by atoms with Crippen LogP contribution in [0.3, 0.4) is 0 Å². The summed E-state index contributed by atoms with van der Waals surface area (Å²) in [5, 5.41) is 0.446. The first-order valence-corrected chi connectivity index (χ1v) is 7.76. The molecule has 0 spiro atoms. The standard InChI is InChI=1S/C15H19ClN4/c1-15(2)10-4-3-9(11(15)5-10)6-20-8-19-12-13(16)17-7-18-14(12)20/h7-11H,3-6H2,1-2H3/t9-,10+,11-/m1/s1. The number of aromatic nitrogens is 4. The van der Waals surface area contributed by atoms with Gasteiger partial charge >= 0.3 is 0 Å². The quantitative estimate of drug-likeness (QED) is 0.795. The molecule has 4 nitrogen and oxygen atoms in total. The minimum absolute atomic E-state index is 0.446. The Morgan fingerprint density at radius 2 is 2.15 bits per heavy atom. The van der Waals surface area contributed by atoms with Gasteiger partial charge in [-0.2, -0.15) is 0 Å². The van der Waals surface area contributed by atoms with E-state index in [-0.39, 0.29) is 0 Å². The molecule has 20 heavy (non-hydrogen) atoms. The van der Waals surface area contributed by atoms with E-state index in [2.05, 4.69) is 33.4 Å². The van der Waals surface area contributed by atoms with E-state index in [1.54, 1.807) is 0 Å². The average molecular weight is 291 g/mol. The minimum Gasteiger partial charge on any atom is -0.315 e. The van der Waals surface area contributed by atoms with Crippen molar-refractivity contribution in [3.05, 3.63) is 17.8 Å². The van der Waals surface area contributed by atoms with Gasteiger partial charge in [0.05, 0.1) is 6.33 Å². The van der Waals surface area contributed by atoms with Gasteiger partial charge < -0.3 is 4.57 Å². The van der Waals surface area contributed by atoms with Gasteiger partial charge in [-0.1, -0.05) is 25.4 Å². The first kappa shape index (κ1) is 12.6. The van der Waals surface area contributed by atoms with Gasteiger partial charge in [-0.3, -0.25) is 0 Å². The van der Waals surface area contributed by atoms with Crippen LogP contribution in [0.5, 0.6) is 0 Å². The largest absolute Gasteiger partial charge is 0.315 e. The molecule has 0 unspecified atom stereocenters. The molecule has 0 saturated heterocycles. The summed E-state index contributed by atoms with van der Waals surface area (Å²) in [6, 6.07) is 0. The summed E-state index contributed by atoms with van der Waals surface area (Å²) >= 11 is 6.07. The maximum atomic E-state index is 6.07. The third-order valence-corrected chi connectivity index (χ3v) is 6.07. The number of halogens is 1. The third-order valence-electron chi connectivity index (χ3n) is 5.79. The topological polar surface area (TPSA) is 43.6 Å². The Hall–Kier alpha value is -1.16. The molecule has 3 aliphatic rings. The normalized spacial score (nSPS) is 31.2. The molecule has 3 aliphatic carbocycles. The van der Waals surface area contributed by atoms with E-state index in [1.807, 2.05) is 6.33 Å². The van der Waals surface area contributed by atoms with Gasteiger partial charge in [0.1, 0.15) is 11.8 Å². The Balaban J connectivity index is 1.64. The van der Waals surface area contributed by atoms with E-state index >= 15 is 0 Å². The fraction of sp³-hybridized carbons (Fsp3) is 0.667. The number of nitrogens with zero attached hydrogens (tertiary/aromatic N) is 4.